The molecule has 1 fully saturated rings. The van der Waals surface area contributed by atoms with E-state index in [1.165, 1.54) is 0 Å². The Balaban J connectivity index is 1.77. The number of rotatable bonds is 6. The lowest BCUT2D eigenvalue weighted by molar-refractivity contribution is -0.119. The summed E-state index contributed by atoms with van der Waals surface area (Å²) in [5.74, 6) is -0.511. The highest BCUT2D eigenvalue weighted by Crippen LogP contribution is 2.36. The summed E-state index contributed by atoms with van der Waals surface area (Å²) in [4.78, 5) is 26.2. The number of aromatic nitrogens is 2. The number of nitrogens with one attached hydrogen (secondary N) is 1. The minimum Gasteiger partial charge on any atom is -0.365 e. The number of hydrogen-bond donors (Lipinski definition) is 2. The van der Waals surface area contributed by atoms with E-state index in [9.17, 15) is 9.59 Å². The van der Waals surface area contributed by atoms with Crippen LogP contribution in [0.5, 0.6) is 0 Å². The van der Waals surface area contributed by atoms with Crippen molar-refractivity contribution in [3.05, 3.63) is 53.9 Å². The molecule has 0 atom stereocenters. The molecule has 0 unspecified atom stereocenters. The standard InChI is InChI=1S/C26H30N6O2/c1-16(2)32(22-10-8-21(9-11-22)30-17(3)33)25-23(26(28)34)14-29-31-15-20(12-24(25)31)19-6-4-18(13-27)5-7-19/h4-7,12,14-16,21-22H,8-11H2,1-3H3,(H2,28,34)(H,30,33). The first-order valence-electron chi connectivity index (χ1n) is 11.7. The summed E-state index contributed by atoms with van der Waals surface area (Å²) < 4.78 is 1.79. The summed E-state index contributed by atoms with van der Waals surface area (Å²) >= 11 is 0. The van der Waals surface area contributed by atoms with Crippen molar-refractivity contribution < 1.29 is 9.59 Å². The second-order valence-electron chi connectivity index (χ2n) is 9.23. The van der Waals surface area contributed by atoms with Crippen LogP contribution in [0.25, 0.3) is 16.6 Å². The van der Waals surface area contributed by atoms with Crippen LogP contribution in [0.3, 0.4) is 0 Å². The maximum absolute atomic E-state index is 12.5. The molecule has 2 heterocycles. The summed E-state index contributed by atoms with van der Waals surface area (Å²) in [6, 6.07) is 12.1. The minimum absolute atomic E-state index is 0.000426. The number of hydrogen-bond acceptors (Lipinski definition) is 5. The lowest BCUT2D eigenvalue weighted by Gasteiger charge is -2.41. The molecular weight excluding hydrogens is 428 g/mol. The van der Waals surface area contributed by atoms with Gasteiger partial charge in [-0.15, -0.1) is 0 Å². The number of anilines is 1. The average molecular weight is 459 g/mol. The predicted octanol–water partition coefficient (Wildman–Crippen LogP) is 3.63. The van der Waals surface area contributed by atoms with Crippen LogP contribution in [0, 0.1) is 11.3 Å². The summed E-state index contributed by atoms with van der Waals surface area (Å²) in [6.45, 7) is 5.79. The van der Waals surface area contributed by atoms with Crippen molar-refractivity contribution in [2.75, 3.05) is 4.90 Å². The molecule has 1 aliphatic rings. The smallest absolute Gasteiger partial charge is 0.252 e. The molecule has 8 heteroatoms. The van der Waals surface area contributed by atoms with Gasteiger partial charge in [0, 0.05) is 36.8 Å². The molecule has 176 valence electrons. The van der Waals surface area contributed by atoms with E-state index >= 15 is 0 Å². The zero-order chi connectivity index (χ0) is 24.4. The van der Waals surface area contributed by atoms with Gasteiger partial charge in [0.05, 0.1) is 34.6 Å². The van der Waals surface area contributed by atoms with Gasteiger partial charge < -0.3 is 16.0 Å². The number of nitriles is 1. The fourth-order valence-electron chi connectivity index (χ4n) is 5.04. The second kappa shape index (κ2) is 9.56. The van der Waals surface area contributed by atoms with Crippen molar-refractivity contribution in [3.63, 3.8) is 0 Å². The van der Waals surface area contributed by atoms with Crippen LogP contribution in [0.15, 0.2) is 42.7 Å². The van der Waals surface area contributed by atoms with E-state index in [0.29, 0.717) is 11.1 Å². The third-order valence-electron chi connectivity index (χ3n) is 6.53. The Morgan fingerprint density at radius 2 is 1.85 bits per heavy atom. The highest BCUT2D eigenvalue weighted by Gasteiger charge is 2.31. The Morgan fingerprint density at radius 1 is 1.18 bits per heavy atom. The van der Waals surface area contributed by atoms with Crippen molar-refractivity contribution >= 4 is 23.0 Å². The molecule has 0 radical (unpaired) electrons. The maximum Gasteiger partial charge on any atom is 0.252 e. The van der Waals surface area contributed by atoms with Crippen molar-refractivity contribution in [2.45, 2.75) is 64.6 Å². The molecule has 1 saturated carbocycles. The number of amides is 2. The average Bonchev–Trinajstić information content (AvgIpc) is 3.24. The zero-order valence-corrected chi connectivity index (χ0v) is 19.8. The normalized spacial score (nSPS) is 18.0. The van der Waals surface area contributed by atoms with Gasteiger partial charge >= 0.3 is 0 Å². The quantitative estimate of drug-likeness (QED) is 0.585. The first-order valence-corrected chi connectivity index (χ1v) is 11.7. The van der Waals surface area contributed by atoms with Crippen molar-refractivity contribution in [3.8, 4) is 17.2 Å². The maximum atomic E-state index is 12.5. The molecule has 2 amide bonds. The number of benzene rings is 1. The van der Waals surface area contributed by atoms with Gasteiger partial charge in [-0.25, -0.2) is 4.52 Å². The molecule has 3 N–H and O–H groups in total. The summed E-state index contributed by atoms with van der Waals surface area (Å²) in [5, 5.41) is 16.6. The summed E-state index contributed by atoms with van der Waals surface area (Å²) in [5.41, 5.74) is 10.3. The Labute approximate surface area is 199 Å². The van der Waals surface area contributed by atoms with E-state index in [1.54, 1.807) is 29.8 Å². The monoisotopic (exact) mass is 458 g/mol. The molecular formula is C26H30N6O2. The van der Waals surface area contributed by atoms with Gasteiger partial charge in [0.1, 0.15) is 0 Å². The summed E-state index contributed by atoms with van der Waals surface area (Å²) in [6.07, 6.45) is 7.05. The van der Waals surface area contributed by atoms with Gasteiger partial charge in [-0.05, 0) is 63.3 Å². The van der Waals surface area contributed by atoms with Gasteiger partial charge in [-0.2, -0.15) is 10.4 Å². The lowest BCUT2D eigenvalue weighted by atomic mass is 9.88. The highest BCUT2D eigenvalue weighted by atomic mass is 16.1. The SMILES string of the molecule is CC(=O)NC1CCC(N(c2c(C(N)=O)cnn3cc(-c4ccc(C#N)cc4)cc23)C(C)C)CC1. The predicted molar refractivity (Wildman–Crippen MR) is 131 cm³/mol. The Kier molecular flexibility index (Phi) is 6.55. The molecule has 0 spiro atoms. The topological polar surface area (TPSA) is 117 Å². The molecule has 0 bridgehead atoms. The number of primary amides is 1. The van der Waals surface area contributed by atoms with Crippen LogP contribution in [-0.2, 0) is 4.79 Å². The van der Waals surface area contributed by atoms with E-state index in [2.05, 4.69) is 35.2 Å². The molecule has 4 rings (SSSR count). The van der Waals surface area contributed by atoms with E-state index in [0.717, 1.165) is 48.0 Å². The van der Waals surface area contributed by atoms with Crippen LogP contribution in [-0.4, -0.2) is 39.6 Å². The molecule has 1 aromatic carbocycles. The summed E-state index contributed by atoms with van der Waals surface area (Å²) in [7, 11) is 0. The van der Waals surface area contributed by atoms with Crippen LogP contribution >= 0.6 is 0 Å². The van der Waals surface area contributed by atoms with Crippen LogP contribution < -0.4 is 16.0 Å². The Bertz CT molecular complexity index is 1250. The van der Waals surface area contributed by atoms with Gasteiger partial charge in [0.2, 0.25) is 5.91 Å². The van der Waals surface area contributed by atoms with Crippen LogP contribution in [0.4, 0.5) is 5.69 Å². The van der Waals surface area contributed by atoms with Crippen molar-refractivity contribution in [2.24, 2.45) is 5.73 Å². The third-order valence-corrected chi connectivity index (χ3v) is 6.53. The van der Waals surface area contributed by atoms with Gasteiger partial charge in [0.15, 0.2) is 0 Å². The molecule has 1 aliphatic carbocycles. The number of nitrogens with two attached hydrogens (primary N) is 1. The number of carbonyl (C=O) groups is 2. The highest BCUT2D eigenvalue weighted by molar-refractivity contribution is 6.02. The lowest BCUT2D eigenvalue weighted by Crippen LogP contribution is -2.47. The largest absolute Gasteiger partial charge is 0.365 e. The van der Waals surface area contributed by atoms with Gasteiger partial charge in [-0.1, -0.05) is 12.1 Å². The zero-order valence-electron chi connectivity index (χ0n) is 19.8. The molecule has 8 nitrogen and oxygen atoms in total. The Hall–Kier alpha value is -3.86. The van der Waals surface area contributed by atoms with E-state index in [4.69, 9.17) is 11.0 Å². The molecule has 34 heavy (non-hydrogen) atoms. The first-order chi connectivity index (χ1) is 16.3. The van der Waals surface area contributed by atoms with Crippen LogP contribution in [0.1, 0.15) is 62.4 Å². The van der Waals surface area contributed by atoms with E-state index < -0.39 is 5.91 Å². The number of nitrogens with zero attached hydrogens (tertiary/aromatic N) is 4. The second-order valence-corrected chi connectivity index (χ2v) is 9.23. The molecule has 3 aromatic rings. The Morgan fingerprint density at radius 3 is 2.41 bits per heavy atom. The van der Waals surface area contributed by atoms with E-state index in [1.807, 2.05) is 24.4 Å². The third kappa shape index (κ3) is 4.60. The van der Waals surface area contributed by atoms with Gasteiger partial charge in [-0.3, -0.25) is 9.59 Å². The van der Waals surface area contributed by atoms with Crippen LogP contribution in [0.2, 0.25) is 0 Å². The molecule has 0 saturated heterocycles. The first kappa shape index (κ1) is 23.3. The molecule has 2 aromatic heterocycles. The van der Waals surface area contributed by atoms with E-state index in [-0.39, 0.29) is 24.0 Å². The van der Waals surface area contributed by atoms with Crippen molar-refractivity contribution in [1.82, 2.24) is 14.9 Å². The fourth-order valence-corrected chi connectivity index (χ4v) is 5.04. The van der Waals surface area contributed by atoms with Gasteiger partial charge in [0.25, 0.3) is 5.91 Å². The number of fused-ring (bicyclic) bond motifs is 1. The fraction of sp³-hybridized carbons (Fsp3) is 0.385. The van der Waals surface area contributed by atoms with Crippen molar-refractivity contribution in [1.29, 1.82) is 5.26 Å². The minimum atomic E-state index is -0.510. The number of carbonyl (C=O) groups excluding carboxylic acids is 2. The molecule has 0 aliphatic heterocycles.